The summed E-state index contributed by atoms with van der Waals surface area (Å²) in [6.45, 7) is 0.592. The molecule has 4 N–H and O–H groups in total. The van der Waals surface area contributed by atoms with Crippen LogP contribution in [0.15, 0.2) is 6.07 Å². The minimum Gasteiger partial charge on any atom is -0.507 e. The average Bonchev–Trinajstić information content (AvgIpc) is 3.78. The van der Waals surface area contributed by atoms with Gasteiger partial charge in [-0.15, -0.1) is 0 Å². The zero-order valence-electron chi connectivity index (χ0n) is 24.8. The van der Waals surface area contributed by atoms with Crippen LogP contribution in [0, 0.1) is 29.6 Å². The Morgan fingerprint density at radius 3 is 2.21 bits per heavy atom. The third-order valence-corrected chi connectivity index (χ3v) is 10.8. The molecule has 4 saturated carbocycles. The number of hydrogen-bond acceptors (Lipinski definition) is 10. The Hall–Kier alpha value is -3.15. The van der Waals surface area contributed by atoms with Crippen LogP contribution in [0.5, 0.6) is 5.75 Å². The summed E-state index contributed by atoms with van der Waals surface area (Å²) in [5.41, 5.74) is 5.23. The second kappa shape index (κ2) is 9.42. The van der Waals surface area contributed by atoms with Gasteiger partial charge in [0.05, 0.1) is 17.5 Å². The smallest absolute Gasteiger partial charge is 0.235 e. The molecule has 42 heavy (non-hydrogen) atoms. The number of hydrogen-bond donors (Lipinski definition) is 3. The van der Waals surface area contributed by atoms with Crippen LogP contribution < -0.4 is 10.6 Å². The number of aromatic hydroxyl groups is 1. The molecule has 0 saturated heterocycles. The predicted molar refractivity (Wildman–Crippen MR) is 152 cm³/mol. The minimum absolute atomic E-state index is 0.0278. The first-order valence-electron chi connectivity index (χ1n) is 14.8. The maximum absolute atomic E-state index is 14.1. The highest BCUT2D eigenvalue weighted by atomic mass is 16.3. The highest BCUT2D eigenvalue weighted by molar-refractivity contribution is 6.32. The fraction of sp³-hybridized carbons (Fsp3) is 0.645. The Balaban J connectivity index is 1.43. The maximum atomic E-state index is 14.1. The molecule has 6 rings (SSSR count). The number of aliphatic hydroxyl groups is 1. The molecular weight excluding hydrogens is 540 g/mol. The number of benzene rings is 1. The van der Waals surface area contributed by atoms with E-state index in [4.69, 9.17) is 5.73 Å². The molecule has 0 aliphatic heterocycles. The molecule has 1 amide bonds. The minimum atomic E-state index is -2.72. The molecule has 11 heteroatoms. The van der Waals surface area contributed by atoms with Crippen molar-refractivity contribution in [1.29, 1.82) is 0 Å². The van der Waals surface area contributed by atoms with Crippen molar-refractivity contribution in [2.24, 2.45) is 35.3 Å². The summed E-state index contributed by atoms with van der Waals surface area (Å²) in [6.07, 6.45) is 5.05. The van der Waals surface area contributed by atoms with Gasteiger partial charge in [0.15, 0.2) is 34.7 Å². The lowest BCUT2D eigenvalue weighted by Gasteiger charge is -2.52. The number of fused-ring (bicyclic) bond motifs is 3. The molecule has 0 spiro atoms. The molecule has 1 aromatic carbocycles. The number of primary amides is 1. The molecule has 0 aromatic heterocycles. The average molecular weight is 581 g/mol. The number of nitrogens with two attached hydrogens (primary N) is 1. The SMILES string of the molecule is CN(C)c1c(CN(C)C2(C3CC3)CC2)cc(O)c2c1C[C@H]1C[C@H]3[C@H](N(C)C)C(=O)C(C(N)=O)C(=O)[C@@]3(O)C(=O)C1C2=O. The Labute approximate surface area is 245 Å². The van der Waals surface area contributed by atoms with Crippen LogP contribution >= 0.6 is 0 Å². The zero-order chi connectivity index (χ0) is 30.6. The van der Waals surface area contributed by atoms with Crippen LogP contribution in [0.3, 0.4) is 0 Å². The lowest BCUT2D eigenvalue weighted by molar-refractivity contribution is -0.181. The summed E-state index contributed by atoms with van der Waals surface area (Å²) in [5.74, 6) is -9.59. The Morgan fingerprint density at radius 1 is 1.05 bits per heavy atom. The number of likely N-dealkylation sites (N-methyl/N-ethyl adjacent to an activating group) is 1. The standard InChI is InChI=1S/C31H40N4O7/c1-33(2)23-15(13-35(5)30(8-9-30)16-6-7-16)12-19(36)21-17(23)10-14-11-18-24(34(3)4)26(38)22(29(32)41)28(40)31(18,42)27(39)20(14)25(21)37/h12,14,16,18,20,22,24,36,42H,6-11,13H2,1-5H3,(H2,32,41)/t14-,18-,20?,22?,24-,31-/m0/s1. The van der Waals surface area contributed by atoms with Gasteiger partial charge in [0.25, 0.3) is 0 Å². The number of amides is 1. The van der Waals surface area contributed by atoms with Gasteiger partial charge in [0.1, 0.15) is 5.75 Å². The number of phenolic OH excluding ortho intramolecular Hbond substituents is 1. The third-order valence-electron chi connectivity index (χ3n) is 10.8. The van der Waals surface area contributed by atoms with E-state index in [-0.39, 0.29) is 29.7 Å². The van der Waals surface area contributed by atoms with Crippen molar-refractivity contribution < 1.29 is 34.2 Å². The number of Topliss-reactive ketones (excluding diaryl/α,β-unsaturated/α-hetero) is 4. The van der Waals surface area contributed by atoms with Crippen molar-refractivity contribution >= 4 is 34.7 Å². The van der Waals surface area contributed by atoms with E-state index in [1.807, 2.05) is 19.0 Å². The predicted octanol–water partition coefficient (Wildman–Crippen LogP) is 0.307. The number of anilines is 1. The second-order valence-corrected chi connectivity index (χ2v) is 13.7. The number of carbonyl (C=O) groups excluding carboxylic acids is 5. The summed E-state index contributed by atoms with van der Waals surface area (Å²) < 4.78 is 0. The normalized spacial score (nSPS) is 33.4. The van der Waals surface area contributed by atoms with Crippen LogP contribution in [-0.2, 0) is 32.1 Å². The molecule has 11 nitrogen and oxygen atoms in total. The number of ketones is 4. The highest BCUT2D eigenvalue weighted by Gasteiger charge is 2.69. The molecule has 4 fully saturated rings. The first-order valence-corrected chi connectivity index (χ1v) is 14.8. The molecule has 0 heterocycles. The summed E-state index contributed by atoms with van der Waals surface area (Å²) in [6, 6.07) is 0.484. The summed E-state index contributed by atoms with van der Waals surface area (Å²) in [7, 11) is 9.04. The lowest BCUT2D eigenvalue weighted by atomic mass is 9.52. The molecule has 5 aliphatic carbocycles. The number of rotatable bonds is 7. The summed E-state index contributed by atoms with van der Waals surface area (Å²) in [4.78, 5) is 72.9. The quantitative estimate of drug-likeness (QED) is 0.383. The van der Waals surface area contributed by atoms with E-state index in [0.717, 1.165) is 24.1 Å². The van der Waals surface area contributed by atoms with Gasteiger partial charge in [-0.1, -0.05) is 0 Å². The molecule has 226 valence electrons. The van der Waals surface area contributed by atoms with Gasteiger partial charge in [-0.25, -0.2) is 0 Å². The van der Waals surface area contributed by atoms with Crippen molar-refractivity contribution in [3.05, 3.63) is 22.8 Å². The van der Waals surface area contributed by atoms with Gasteiger partial charge in [-0.3, -0.25) is 33.8 Å². The Morgan fingerprint density at radius 2 is 1.69 bits per heavy atom. The van der Waals surface area contributed by atoms with Gasteiger partial charge in [0, 0.05) is 37.8 Å². The van der Waals surface area contributed by atoms with Crippen molar-refractivity contribution in [1.82, 2.24) is 9.80 Å². The summed E-state index contributed by atoms with van der Waals surface area (Å²) in [5, 5.41) is 23.0. The number of phenols is 1. The first kappa shape index (κ1) is 28.9. The van der Waals surface area contributed by atoms with E-state index >= 15 is 0 Å². The molecular formula is C31H40N4O7. The topological polar surface area (TPSA) is 162 Å². The van der Waals surface area contributed by atoms with Gasteiger partial charge in [-0.05, 0) is 88.7 Å². The fourth-order valence-electron chi connectivity index (χ4n) is 8.67. The fourth-order valence-corrected chi connectivity index (χ4v) is 8.67. The molecule has 5 aliphatic rings. The summed E-state index contributed by atoms with van der Waals surface area (Å²) >= 11 is 0. The van der Waals surface area contributed by atoms with E-state index in [1.165, 1.54) is 17.7 Å². The van der Waals surface area contributed by atoms with Crippen LogP contribution in [0.4, 0.5) is 5.69 Å². The van der Waals surface area contributed by atoms with Crippen molar-refractivity contribution in [2.75, 3.05) is 40.1 Å². The van der Waals surface area contributed by atoms with Gasteiger partial charge >= 0.3 is 0 Å². The first-order chi connectivity index (χ1) is 19.7. The van der Waals surface area contributed by atoms with E-state index < -0.39 is 64.4 Å². The van der Waals surface area contributed by atoms with Crippen LogP contribution in [0.1, 0.15) is 53.6 Å². The van der Waals surface area contributed by atoms with E-state index in [0.29, 0.717) is 18.0 Å². The largest absolute Gasteiger partial charge is 0.507 e. The lowest BCUT2D eigenvalue weighted by Crippen LogP contribution is -2.74. The molecule has 1 aromatic rings. The van der Waals surface area contributed by atoms with Gasteiger partial charge in [0.2, 0.25) is 5.91 Å². The number of carbonyl (C=O) groups is 5. The molecule has 0 bridgehead atoms. The molecule has 0 radical (unpaired) electrons. The Bertz CT molecular complexity index is 1430. The van der Waals surface area contributed by atoms with Crippen molar-refractivity contribution in [3.63, 3.8) is 0 Å². The molecule has 6 atom stereocenters. The van der Waals surface area contributed by atoms with Gasteiger partial charge in [-0.2, -0.15) is 0 Å². The third kappa shape index (κ3) is 3.85. The van der Waals surface area contributed by atoms with E-state index in [2.05, 4.69) is 11.9 Å². The number of nitrogens with zero attached hydrogens (tertiary/aromatic N) is 3. The van der Waals surface area contributed by atoms with Crippen LogP contribution in [0.25, 0.3) is 0 Å². The zero-order valence-corrected chi connectivity index (χ0v) is 24.8. The molecule has 2 unspecified atom stereocenters. The van der Waals surface area contributed by atoms with Crippen molar-refractivity contribution in [2.45, 2.75) is 62.3 Å². The van der Waals surface area contributed by atoms with Gasteiger partial charge < -0.3 is 20.8 Å². The van der Waals surface area contributed by atoms with Crippen LogP contribution in [-0.4, -0.2) is 101 Å². The second-order valence-electron chi connectivity index (χ2n) is 13.7. The Kier molecular flexibility index (Phi) is 6.49. The monoisotopic (exact) mass is 580 g/mol. The van der Waals surface area contributed by atoms with Crippen molar-refractivity contribution in [3.8, 4) is 5.75 Å². The van der Waals surface area contributed by atoms with Crippen LogP contribution in [0.2, 0.25) is 0 Å². The maximum Gasteiger partial charge on any atom is 0.235 e. The van der Waals surface area contributed by atoms with E-state index in [9.17, 15) is 34.2 Å². The highest BCUT2D eigenvalue weighted by Crippen LogP contribution is 2.58. The van der Waals surface area contributed by atoms with E-state index in [1.54, 1.807) is 20.2 Å².